The second-order valence-corrected chi connectivity index (χ2v) is 10.7. The number of hydrogen-bond donors (Lipinski definition) is 0. The zero-order valence-electron chi connectivity index (χ0n) is 18.6. The fourth-order valence-corrected chi connectivity index (χ4v) is 5.22. The molecule has 1 aromatic rings. The molecular formula is C22H29N3O4S2. The van der Waals surface area contributed by atoms with Gasteiger partial charge in [-0.2, -0.15) is 0 Å². The van der Waals surface area contributed by atoms with Gasteiger partial charge in [0.05, 0.1) is 5.69 Å². The number of thioether (sulfide) groups is 1. The Hall–Kier alpha value is -2.13. The van der Waals surface area contributed by atoms with E-state index in [4.69, 9.17) is 17.0 Å². The van der Waals surface area contributed by atoms with Gasteiger partial charge in [-0.3, -0.25) is 9.59 Å². The molecule has 0 spiro atoms. The maximum atomic E-state index is 13.0. The number of amides is 3. The van der Waals surface area contributed by atoms with E-state index in [1.165, 1.54) is 16.7 Å². The lowest BCUT2D eigenvalue weighted by Crippen LogP contribution is -2.51. The Kier molecular flexibility index (Phi) is 6.95. The number of piperazine rings is 1. The predicted molar refractivity (Wildman–Crippen MR) is 126 cm³/mol. The first-order valence-electron chi connectivity index (χ1n) is 10.3. The summed E-state index contributed by atoms with van der Waals surface area (Å²) in [5.41, 5.74) is 1.94. The maximum Gasteiger partial charge on any atom is 0.410 e. The molecule has 2 saturated heterocycles. The van der Waals surface area contributed by atoms with Crippen LogP contribution in [-0.2, 0) is 14.3 Å². The van der Waals surface area contributed by atoms with Gasteiger partial charge in [0.15, 0.2) is 0 Å². The number of nitrogens with zero attached hydrogens (tertiary/aromatic N) is 3. The number of para-hydroxylation sites is 1. The molecule has 31 heavy (non-hydrogen) atoms. The smallest absolute Gasteiger partial charge is 0.410 e. The van der Waals surface area contributed by atoms with Crippen LogP contribution in [0.4, 0.5) is 10.5 Å². The Morgan fingerprint density at radius 2 is 1.61 bits per heavy atom. The van der Waals surface area contributed by atoms with Crippen molar-refractivity contribution in [1.29, 1.82) is 0 Å². The normalized spacial score (nSPS) is 19.8. The fourth-order valence-electron chi connectivity index (χ4n) is 3.68. The van der Waals surface area contributed by atoms with Crippen molar-refractivity contribution >= 4 is 51.9 Å². The Labute approximate surface area is 193 Å². The molecule has 1 atom stereocenters. The Morgan fingerprint density at radius 3 is 2.16 bits per heavy atom. The number of ether oxygens (including phenoxy) is 1. The van der Waals surface area contributed by atoms with Crippen molar-refractivity contribution in [1.82, 2.24) is 9.80 Å². The molecule has 0 unspecified atom stereocenters. The van der Waals surface area contributed by atoms with E-state index >= 15 is 0 Å². The highest BCUT2D eigenvalue weighted by Gasteiger charge is 2.42. The molecule has 9 heteroatoms. The average molecular weight is 464 g/mol. The van der Waals surface area contributed by atoms with Crippen LogP contribution in [0.2, 0.25) is 0 Å². The third kappa shape index (κ3) is 5.38. The summed E-state index contributed by atoms with van der Waals surface area (Å²) < 4.78 is 6.00. The standard InChI is InChI=1S/C22H29N3O4S2/c1-14-7-6-8-15(2)18(14)25-17(26)13-16(19(25)27)31-21(30)24-11-9-23(10-12-24)20(28)29-22(3,4)5/h6-8,16H,9-13H2,1-5H3/t16-/m0/s1. The molecule has 2 aliphatic heterocycles. The molecule has 2 aliphatic rings. The number of anilines is 1. The van der Waals surface area contributed by atoms with E-state index in [0.717, 1.165) is 11.1 Å². The number of benzene rings is 1. The van der Waals surface area contributed by atoms with Crippen LogP contribution in [0.5, 0.6) is 0 Å². The van der Waals surface area contributed by atoms with Crippen LogP contribution in [0.3, 0.4) is 0 Å². The van der Waals surface area contributed by atoms with Crippen LogP contribution < -0.4 is 4.90 Å². The minimum absolute atomic E-state index is 0.134. The molecule has 0 bridgehead atoms. The van der Waals surface area contributed by atoms with Crippen LogP contribution in [0.25, 0.3) is 0 Å². The first-order valence-corrected chi connectivity index (χ1v) is 11.6. The lowest BCUT2D eigenvalue weighted by Gasteiger charge is -2.36. The highest BCUT2D eigenvalue weighted by molar-refractivity contribution is 8.23. The molecule has 0 radical (unpaired) electrons. The van der Waals surface area contributed by atoms with Crippen molar-refractivity contribution in [3.63, 3.8) is 0 Å². The summed E-state index contributed by atoms with van der Waals surface area (Å²) in [5.74, 6) is -0.417. The number of carbonyl (C=O) groups excluding carboxylic acids is 3. The van der Waals surface area contributed by atoms with Crippen molar-refractivity contribution in [3.05, 3.63) is 29.3 Å². The minimum atomic E-state index is -0.532. The van der Waals surface area contributed by atoms with E-state index in [-0.39, 0.29) is 24.3 Å². The van der Waals surface area contributed by atoms with Gasteiger partial charge in [0, 0.05) is 32.6 Å². The van der Waals surface area contributed by atoms with Gasteiger partial charge >= 0.3 is 6.09 Å². The number of hydrogen-bond acceptors (Lipinski definition) is 6. The lowest BCUT2D eigenvalue weighted by molar-refractivity contribution is -0.121. The van der Waals surface area contributed by atoms with Gasteiger partial charge in [-0.1, -0.05) is 42.2 Å². The number of carbonyl (C=O) groups is 3. The minimum Gasteiger partial charge on any atom is -0.444 e. The summed E-state index contributed by atoms with van der Waals surface area (Å²) >= 11 is 6.84. The maximum absolute atomic E-state index is 13.0. The molecule has 0 aromatic heterocycles. The molecule has 168 valence electrons. The average Bonchev–Trinajstić information content (AvgIpc) is 2.94. The summed E-state index contributed by atoms with van der Waals surface area (Å²) in [6, 6.07) is 5.72. The lowest BCUT2D eigenvalue weighted by atomic mass is 10.1. The monoisotopic (exact) mass is 463 g/mol. The van der Waals surface area contributed by atoms with Crippen LogP contribution in [-0.4, -0.2) is 69.1 Å². The van der Waals surface area contributed by atoms with Crippen molar-refractivity contribution in [2.75, 3.05) is 31.1 Å². The van der Waals surface area contributed by atoms with Crippen molar-refractivity contribution in [2.45, 2.75) is 51.9 Å². The van der Waals surface area contributed by atoms with Crippen molar-refractivity contribution in [3.8, 4) is 0 Å². The van der Waals surface area contributed by atoms with Crippen LogP contribution in [0.1, 0.15) is 38.3 Å². The van der Waals surface area contributed by atoms with E-state index in [0.29, 0.717) is 36.2 Å². The largest absolute Gasteiger partial charge is 0.444 e. The third-order valence-corrected chi connectivity index (χ3v) is 6.86. The summed E-state index contributed by atoms with van der Waals surface area (Å²) in [5, 5.41) is -0.525. The number of aryl methyl sites for hydroxylation is 2. The fraction of sp³-hybridized carbons (Fsp3) is 0.545. The molecular weight excluding hydrogens is 434 g/mol. The van der Waals surface area contributed by atoms with Crippen molar-refractivity contribution < 1.29 is 19.1 Å². The number of rotatable bonds is 2. The summed E-state index contributed by atoms with van der Waals surface area (Å²) in [6.45, 7) is 11.5. The Bertz CT molecular complexity index is 884. The highest BCUT2D eigenvalue weighted by Crippen LogP contribution is 2.34. The van der Waals surface area contributed by atoms with Gasteiger partial charge in [-0.15, -0.1) is 0 Å². The van der Waals surface area contributed by atoms with Gasteiger partial charge in [-0.05, 0) is 45.7 Å². The molecule has 3 rings (SSSR count). The van der Waals surface area contributed by atoms with E-state index in [2.05, 4.69) is 0 Å². The van der Waals surface area contributed by atoms with Gasteiger partial charge < -0.3 is 14.5 Å². The van der Waals surface area contributed by atoms with Crippen LogP contribution in [0.15, 0.2) is 18.2 Å². The molecule has 0 saturated carbocycles. The molecule has 2 heterocycles. The van der Waals surface area contributed by atoms with Crippen LogP contribution >= 0.6 is 24.0 Å². The van der Waals surface area contributed by atoms with E-state index in [9.17, 15) is 14.4 Å². The summed E-state index contributed by atoms with van der Waals surface area (Å²) in [7, 11) is 0. The second kappa shape index (κ2) is 9.16. The molecule has 0 N–H and O–H groups in total. The first-order chi connectivity index (χ1) is 14.5. The Balaban J connectivity index is 1.59. The molecule has 3 amide bonds. The first kappa shape index (κ1) is 23.5. The van der Waals surface area contributed by atoms with Crippen molar-refractivity contribution in [2.24, 2.45) is 0 Å². The Morgan fingerprint density at radius 1 is 1.06 bits per heavy atom. The second-order valence-electron chi connectivity index (χ2n) is 8.84. The summed E-state index contributed by atoms with van der Waals surface area (Å²) in [4.78, 5) is 42.9. The van der Waals surface area contributed by atoms with Gasteiger partial charge in [0.25, 0.3) is 0 Å². The topological polar surface area (TPSA) is 70.2 Å². The molecule has 2 fully saturated rings. The van der Waals surface area contributed by atoms with Gasteiger partial charge in [0.1, 0.15) is 15.2 Å². The molecule has 0 aliphatic carbocycles. The van der Waals surface area contributed by atoms with E-state index in [1.807, 2.05) is 57.7 Å². The van der Waals surface area contributed by atoms with Gasteiger partial charge in [0.2, 0.25) is 11.8 Å². The molecule has 1 aromatic carbocycles. The van der Waals surface area contributed by atoms with E-state index < -0.39 is 10.9 Å². The SMILES string of the molecule is Cc1cccc(C)c1N1C(=O)C[C@H](SC(=S)N2CCN(C(=O)OC(C)(C)C)CC2)C1=O. The number of imide groups is 1. The van der Waals surface area contributed by atoms with Crippen LogP contribution in [0, 0.1) is 13.8 Å². The summed E-state index contributed by atoms with van der Waals surface area (Å²) in [6.07, 6.45) is -0.193. The zero-order chi connectivity index (χ0) is 22.9. The predicted octanol–water partition coefficient (Wildman–Crippen LogP) is 3.51. The highest BCUT2D eigenvalue weighted by atomic mass is 32.2. The quantitative estimate of drug-likeness (QED) is 0.491. The third-order valence-electron chi connectivity index (χ3n) is 5.20. The van der Waals surface area contributed by atoms with Gasteiger partial charge in [-0.25, -0.2) is 9.69 Å². The van der Waals surface area contributed by atoms with E-state index in [1.54, 1.807) is 4.90 Å². The molecule has 7 nitrogen and oxygen atoms in total. The number of thiocarbonyl (C=S) groups is 1. The zero-order valence-corrected chi connectivity index (χ0v) is 20.3.